The van der Waals surface area contributed by atoms with E-state index in [0.29, 0.717) is 5.56 Å². The number of nitrogens with zero attached hydrogens (tertiary/aromatic N) is 3. The molecular weight excluding hydrogens is 266 g/mol. The topological polar surface area (TPSA) is 45.7 Å². The fraction of sp³-hybridized carbons (Fsp3) is 0.625. The van der Waals surface area contributed by atoms with Crippen molar-refractivity contribution in [3.05, 3.63) is 23.9 Å². The van der Waals surface area contributed by atoms with Gasteiger partial charge in [0.05, 0.1) is 16.8 Å². The molecule has 1 fully saturated rings. The second kappa shape index (κ2) is 5.30. The van der Waals surface area contributed by atoms with Crippen LogP contribution < -0.4 is 4.90 Å². The third-order valence-electron chi connectivity index (χ3n) is 3.42. The number of carbonyl (C=O) groups excluding carboxylic acids is 1. The summed E-state index contributed by atoms with van der Waals surface area (Å²) in [6.45, 7) is 9.92. The van der Waals surface area contributed by atoms with Gasteiger partial charge in [0.2, 0.25) is 0 Å². The lowest BCUT2D eigenvalue weighted by atomic mass is 9.99. The van der Waals surface area contributed by atoms with Crippen LogP contribution in [0.5, 0.6) is 0 Å². The summed E-state index contributed by atoms with van der Waals surface area (Å²) in [5.41, 5.74) is 0.166. The summed E-state index contributed by atoms with van der Waals surface area (Å²) in [4.78, 5) is 20.1. The van der Waals surface area contributed by atoms with Gasteiger partial charge in [-0.2, -0.15) is 0 Å². The summed E-state index contributed by atoms with van der Waals surface area (Å²) in [7, 11) is 3.48. The van der Waals surface area contributed by atoms with Crippen LogP contribution >= 0.6 is 0 Å². The van der Waals surface area contributed by atoms with Gasteiger partial charge in [0.25, 0.3) is 5.91 Å². The molecule has 2 heterocycles. The lowest BCUT2D eigenvalue weighted by molar-refractivity contribution is -0.133. The molecule has 5 nitrogen and oxygen atoms in total. The summed E-state index contributed by atoms with van der Waals surface area (Å²) in [5, 5.41) is 0. The van der Waals surface area contributed by atoms with Gasteiger partial charge in [0.1, 0.15) is 5.82 Å². The van der Waals surface area contributed by atoms with Crippen molar-refractivity contribution in [2.24, 2.45) is 0 Å². The Morgan fingerprint density at radius 1 is 1.19 bits per heavy atom. The Morgan fingerprint density at radius 3 is 2.19 bits per heavy atom. The zero-order valence-corrected chi connectivity index (χ0v) is 13.8. The Bertz CT molecular complexity index is 505. The van der Waals surface area contributed by atoms with Crippen LogP contribution in [0.2, 0.25) is 0 Å². The second-order valence-corrected chi connectivity index (χ2v) is 7.08. The highest BCUT2D eigenvalue weighted by atomic mass is 16.5. The standard InChI is InChI=1S/C16H25N3O2/c1-15(2)10-19(11-16(3,4)21-15)13-8-7-12(9-17-13)14(20)18(5)6/h7-9H,10-11H2,1-6H3. The molecule has 0 saturated carbocycles. The Morgan fingerprint density at radius 2 is 1.76 bits per heavy atom. The first-order valence-electron chi connectivity index (χ1n) is 7.22. The molecule has 5 heteroatoms. The van der Waals surface area contributed by atoms with E-state index in [1.807, 2.05) is 12.1 Å². The number of aromatic nitrogens is 1. The molecule has 1 amide bonds. The Hall–Kier alpha value is -1.62. The quantitative estimate of drug-likeness (QED) is 0.838. The number of carbonyl (C=O) groups is 1. The molecule has 0 N–H and O–H groups in total. The van der Waals surface area contributed by atoms with Crippen molar-refractivity contribution in [2.45, 2.75) is 38.9 Å². The maximum atomic E-state index is 11.9. The average Bonchev–Trinajstić information content (AvgIpc) is 2.34. The van der Waals surface area contributed by atoms with Crippen molar-refractivity contribution in [2.75, 3.05) is 32.1 Å². The number of amides is 1. The lowest BCUT2D eigenvalue weighted by Crippen LogP contribution is -2.57. The number of hydrogen-bond acceptors (Lipinski definition) is 4. The van der Waals surface area contributed by atoms with Gasteiger partial charge in [-0.25, -0.2) is 4.98 Å². The van der Waals surface area contributed by atoms with E-state index in [1.165, 1.54) is 0 Å². The van der Waals surface area contributed by atoms with Gasteiger partial charge in [-0.05, 0) is 39.8 Å². The first-order chi connectivity index (χ1) is 9.60. The van der Waals surface area contributed by atoms with Crippen LogP contribution in [0.4, 0.5) is 5.82 Å². The highest BCUT2D eigenvalue weighted by Gasteiger charge is 2.38. The molecule has 0 unspecified atom stereocenters. The van der Waals surface area contributed by atoms with Crippen molar-refractivity contribution in [3.8, 4) is 0 Å². The molecule has 0 aromatic carbocycles. The van der Waals surface area contributed by atoms with E-state index in [0.717, 1.165) is 18.9 Å². The third kappa shape index (κ3) is 3.73. The molecule has 1 aromatic heterocycles. The molecule has 21 heavy (non-hydrogen) atoms. The van der Waals surface area contributed by atoms with Crippen molar-refractivity contribution in [3.63, 3.8) is 0 Å². The van der Waals surface area contributed by atoms with Crippen LogP contribution in [0.15, 0.2) is 18.3 Å². The van der Waals surface area contributed by atoms with Gasteiger partial charge in [-0.1, -0.05) is 0 Å². The van der Waals surface area contributed by atoms with Crippen molar-refractivity contribution >= 4 is 11.7 Å². The molecule has 1 aliphatic rings. The maximum Gasteiger partial charge on any atom is 0.254 e. The molecule has 0 spiro atoms. The third-order valence-corrected chi connectivity index (χ3v) is 3.42. The SMILES string of the molecule is CN(C)C(=O)c1ccc(N2CC(C)(C)OC(C)(C)C2)nc1. The monoisotopic (exact) mass is 291 g/mol. The number of pyridine rings is 1. The lowest BCUT2D eigenvalue weighted by Gasteiger charge is -2.47. The summed E-state index contributed by atoms with van der Waals surface area (Å²) >= 11 is 0. The minimum absolute atomic E-state index is 0.0308. The average molecular weight is 291 g/mol. The zero-order chi connectivity index (χ0) is 15.8. The van der Waals surface area contributed by atoms with E-state index < -0.39 is 0 Å². The van der Waals surface area contributed by atoms with Crippen LogP contribution in [0.1, 0.15) is 38.1 Å². The van der Waals surface area contributed by atoms with Crippen molar-refractivity contribution in [1.29, 1.82) is 0 Å². The molecule has 1 aromatic rings. The van der Waals surface area contributed by atoms with Gasteiger partial charge >= 0.3 is 0 Å². The fourth-order valence-electron chi connectivity index (χ4n) is 2.91. The Kier molecular flexibility index (Phi) is 3.97. The smallest absolute Gasteiger partial charge is 0.254 e. The van der Waals surface area contributed by atoms with E-state index in [1.54, 1.807) is 25.2 Å². The van der Waals surface area contributed by atoms with Crippen molar-refractivity contribution in [1.82, 2.24) is 9.88 Å². The van der Waals surface area contributed by atoms with Crippen LogP contribution in [0.25, 0.3) is 0 Å². The molecule has 0 bridgehead atoms. The van der Waals surface area contributed by atoms with Crippen LogP contribution in [0.3, 0.4) is 0 Å². The summed E-state index contributed by atoms with van der Waals surface area (Å²) in [6, 6.07) is 3.74. The molecule has 1 aliphatic heterocycles. The highest BCUT2D eigenvalue weighted by Crippen LogP contribution is 2.30. The van der Waals surface area contributed by atoms with Crippen molar-refractivity contribution < 1.29 is 9.53 Å². The molecule has 116 valence electrons. The predicted molar refractivity (Wildman–Crippen MR) is 83.7 cm³/mol. The van der Waals surface area contributed by atoms with Crippen LogP contribution in [-0.2, 0) is 4.74 Å². The van der Waals surface area contributed by atoms with Gasteiger partial charge in [0.15, 0.2) is 0 Å². The highest BCUT2D eigenvalue weighted by molar-refractivity contribution is 5.93. The molecule has 1 saturated heterocycles. The van der Waals surface area contributed by atoms with Gasteiger partial charge in [-0.15, -0.1) is 0 Å². The molecule has 0 atom stereocenters. The Labute approximate surface area is 126 Å². The number of morpholine rings is 1. The summed E-state index contributed by atoms with van der Waals surface area (Å²) < 4.78 is 6.08. The van der Waals surface area contributed by atoms with E-state index in [2.05, 4.69) is 37.6 Å². The summed E-state index contributed by atoms with van der Waals surface area (Å²) in [5.74, 6) is 0.853. The second-order valence-electron chi connectivity index (χ2n) is 7.08. The number of rotatable bonds is 2. The van der Waals surface area contributed by atoms with E-state index in [-0.39, 0.29) is 17.1 Å². The first kappa shape index (κ1) is 15.8. The van der Waals surface area contributed by atoms with E-state index in [4.69, 9.17) is 4.74 Å². The van der Waals surface area contributed by atoms with Gasteiger partial charge < -0.3 is 14.5 Å². The van der Waals surface area contributed by atoms with Gasteiger partial charge in [-0.3, -0.25) is 4.79 Å². The Balaban J connectivity index is 2.20. The first-order valence-corrected chi connectivity index (χ1v) is 7.22. The summed E-state index contributed by atoms with van der Waals surface area (Å²) in [6.07, 6.45) is 1.65. The van der Waals surface area contributed by atoms with Gasteiger partial charge in [0, 0.05) is 33.4 Å². The number of anilines is 1. The van der Waals surface area contributed by atoms with E-state index in [9.17, 15) is 4.79 Å². The fourth-order valence-corrected chi connectivity index (χ4v) is 2.91. The van der Waals surface area contributed by atoms with E-state index >= 15 is 0 Å². The molecular formula is C16H25N3O2. The predicted octanol–water partition coefficient (Wildman–Crippen LogP) is 2.18. The normalized spacial score (nSPS) is 20.2. The number of hydrogen-bond donors (Lipinski definition) is 0. The molecule has 2 rings (SSSR count). The maximum absolute atomic E-state index is 11.9. The van der Waals surface area contributed by atoms with Crippen LogP contribution in [-0.4, -0.2) is 54.2 Å². The largest absolute Gasteiger partial charge is 0.366 e. The zero-order valence-electron chi connectivity index (χ0n) is 13.8. The molecule has 0 aliphatic carbocycles. The molecule has 0 radical (unpaired) electrons. The minimum atomic E-state index is -0.221. The number of ether oxygens (including phenoxy) is 1. The van der Waals surface area contributed by atoms with Crippen LogP contribution in [0, 0.1) is 0 Å². The minimum Gasteiger partial charge on any atom is -0.366 e.